The Morgan fingerprint density at radius 2 is 1.94 bits per heavy atom. The van der Waals surface area contributed by atoms with Crippen LogP contribution in [0.4, 0.5) is 23.4 Å². The maximum absolute atomic E-state index is 15.0. The molecule has 0 radical (unpaired) electrons. The molecular formula is C23H21F4N5O3. The summed E-state index contributed by atoms with van der Waals surface area (Å²) in [6.45, 7) is -0.474. The van der Waals surface area contributed by atoms with E-state index in [2.05, 4.69) is 19.9 Å². The van der Waals surface area contributed by atoms with E-state index in [-0.39, 0.29) is 23.8 Å². The molecule has 5 rings (SSSR count). The minimum absolute atomic E-state index is 0.0145. The fraction of sp³-hybridized carbons (Fsp3) is 0.391. The van der Waals surface area contributed by atoms with Crippen molar-refractivity contribution in [1.29, 1.82) is 0 Å². The second kappa shape index (κ2) is 8.91. The van der Waals surface area contributed by atoms with E-state index in [1.54, 1.807) is 0 Å². The highest BCUT2D eigenvalue weighted by Crippen LogP contribution is 2.34. The van der Waals surface area contributed by atoms with Crippen molar-refractivity contribution in [2.75, 3.05) is 18.9 Å². The van der Waals surface area contributed by atoms with E-state index in [0.717, 1.165) is 24.0 Å². The van der Waals surface area contributed by atoms with Crippen molar-refractivity contribution in [2.45, 2.75) is 38.8 Å². The quantitative estimate of drug-likeness (QED) is 0.502. The molecule has 1 aliphatic carbocycles. The Labute approximate surface area is 197 Å². The molecule has 0 spiro atoms. The summed E-state index contributed by atoms with van der Waals surface area (Å²) in [6, 6.07) is 5.36. The number of hydrogen-bond donors (Lipinski definition) is 1. The van der Waals surface area contributed by atoms with Crippen molar-refractivity contribution < 1.29 is 31.8 Å². The highest BCUT2D eigenvalue weighted by molar-refractivity contribution is 5.99. The van der Waals surface area contributed by atoms with Crippen LogP contribution in [0.15, 0.2) is 24.3 Å². The van der Waals surface area contributed by atoms with Crippen molar-refractivity contribution >= 4 is 22.6 Å². The summed E-state index contributed by atoms with van der Waals surface area (Å²) in [6.07, 6.45) is -2.59. The zero-order valence-corrected chi connectivity index (χ0v) is 18.4. The fourth-order valence-corrected chi connectivity index (χ4v) is 4.02. The normalized spacial score (nSPS) is 15.3. The molecule has 1 fully saturated rings. The number of ether oxygens (including phenoxy) is 2. The van der Waals surface area contributed by atoms with Crippen LogP contribution in [0, 0.1) is 11.7 Å². The molecule has 2 N–H and O–H groups in total. The lowest BCUT2D eigenvalue weighted by Crippen LogP contribution is -2.33. The average Bonchev–Trinajstić information content (AvgIpc) is 3.48. The second-order valence-electron chi connectivity index (χ2n) is 8.69. The molecule has 1 aliphatic heterocycles. The van der Waals surface area contributed by atoms with Crippen LogP contribution < -0.4 is 10.5 Å². The van der Waals surface area contributed by atoms with Gasteiger partial charge in [0.05, 0.1) is 36.5 Å². The largest absolute Gasteiger partial charge is 0.467 e. The minimum Gasteiger partial charge on any atom is -0.467 e. The number of rotatable bonds is 7. The van der Waals surface area contributed by atoms with E-state index in [4.69, 9.17) is 10.5 Å². The predicted molar refractivity (Wildman–Crippen MR) is 116 cm³/mol. The molecule has 1 amide bonds. The first kappa shape index (κ1) is 23.2. The zero-order chi connectivity index (χ0) is 24.7. The number of hydrogen-bond acceptors (Lipinski definition) is 7. The molecule has 12 heteroatoms. The molecule has 3 heterocycles. The monoisotopic (exact) mass is 491 g/mol. The lowest BCUT2D eigenvalue weighted by molar-refractivity contribution is -0.154. The minimum atomic E-state index is -4.49. The number of benzene rings is 1. The Bertz CT molecular complexity index is 1280. The Hall–Kier alpha value is -3.54. The first-order valence-corrected chi connectivity index (χ1v) is 11.0. The van der Waals surface area contributed by atoms with Gasteiger partial charge >= 0.3 is 6.18 Å². The number of fused-ring (bicyclic) bond motifs is 3. The van der Waals surface area contributed by atoms with Gasteiger partial charge in [0.15, 0.2) is 6.61 Å². The average molecular weight is 491 g/mol. The van der Waals surface area contributed by atoms with Crippen molar-refractivity contribution in [1.82, 2.24) is 20.1 Å². The number of anilines is 1. The first-order chi connectivity index (χ1) is 16.7. The van der Waals surface area contributed by atoms with Gasteiger partial charge in [-0.15, -0.1) is 5.10 Å². The standard InChI is InChI=1S/C23H21F4N5O3/c24-18-6-19-14(16-9-34-10-17(16)21(28)29-19)5-15(18)22(33)32(7-12-1-2-12)8-13-3-4-20(31-30-13)35-11-23(25,26)27/h3-6,12H,1-2,7-11H2,(H2,28,29). The van der Waals surface area contributed by atoms with Crippen LogP contribution in [0.3, 0.4) is 0 Å². The number of nitrogens with zero attached hydrogens (tertiary/aromatic N) is 4. The number of carbonyl (C=O) groups excluding carboxylic acids is 1. The number of aromatic nitrogens is 3. The summed E-state index contributed by atoms with van der Waals surface area (Å²) in [7, 11) is 0. The van der Waals surface area contributed by atoms with Gasteiger partial charge in [-0.1, -0.05) is 0 Å². The van der Waals surface area contributed by atoms with Gasteiger partial charge in [-0.2, -0.15) is 18.3 Å². The molecule has 2 aliphatic rings. The molecule has 8 nitrogen and oxygen atoms in total. The van der Waals surface area contributed by atoms with E-state index in [9.17, 15) is 18.0 Å². The highest BCUT2D eigenvalue weighted by Gasteiger charge is 2.31. The van der Waals surface area contributed by atoms with Crippen LogP contribution in [0.5, 0.6) is 5.88 Å². The highest BCUT2D eigenvalue weighted by atomic mass is 19.4. The number of nitrogen functional groups attached to an aromatic ring is 1. The molecule has 184 valence electrons. The van der Waals surface area contributed by atoms with E-state index >= 15 is 4.39 Å². The lowest BCUT2D eigenvalue weighted by atomic mass is 10.0. The lowest BCUT2D eigenvalue weighted by Gasteiger charge is -2.23. The van der Waals surface area contributed by atoms with Crippen LogP contribution >= 0.6 is 0 Å². The van der Waals surface area contributed by atoms with E-state index in [1.807, 2.05) is 0 Å². The third kappa shape index (κ3) is 5.11. The van der Waals surface area contributed by atoms with Gasteiger partial charge in [-0.3, -0.25) is 4.79 Å². The number of nitrogens with two attached hydrogens (primary N) is 1. The van der Waals surface area contributed by atoms with Gasteiger partial charge in [-0.05, 0) is 36.5 Å². The maximum atomic E-state index is 15.0. The van der Waals surface area contributed by atoms with E-state index in [1.165, 1.54) is 29.2 Å². The molecule has 2 aromatic heterocycles. The van der Waals surface area contributed by atoms with Gasteiger partial charge in [0.1, 0.15) is 11.6 Å². The summed E-state index contributed by atoms with van der Waals surface area (Å²) in [5.74, 6) is -0.963. The van der Waals surface area contributed by atoms with Crippen LogP contribution in [0.25, 0.3) is 10.9 Å². The topological polar surface area (TPSA) is 103 Å². The number of halogens is 4. The van der Waals surface area contributed by atoms with Crippen molar-refractivity contribution in [3.05, 3.63) is 52.5 Å². The summed E-state index contributed by atoms with van der Waals surface area (Å²) >= 11 is 0. The van der Waals surface area contributed by atoms with Crippen molar-refractivity contribution in [3.63, 3.8) is 0 Å². The Morgan fingerprint density at radius 3 is 2.63 bits per heavy atom. The van der Waals surface area contributed by atoms with Crippen LogP contribution in [-0.4, -0.2) is 45.3 Å². The number of carbonyl (C=O) groups is 1. The van der Waals surface area contributed by atoms with Crippen LogP contribution in [0.1, 0.15) is 40.0 Å². The number of pyridine rings is 1. The number of amides is 1. The van der Waals surface area contributed by atoms with Crippen molar-refractivity contribution in [3.8, 4) is 5.88 Å². The number of alkyl halides is 3. The smallest absolute Gasteiger partial charge is 0.422 e. The molecule has 1 saturated carbocycles. The van der Waals surface area contributed by atoms with Gasteiger partial charge in [0.2, 0.25) is 5.88 Å². The summed E-state index contributed by atoms with van der Waals surface area (Å²) < 4.78 is 62.1. The SMILES string of the molecule is Nc1nc2cc(F)c(C(=O)N(Cc3ccc(OCC(F)(F)F)nn3)CC3CC3)cc2c2c1COC2. The Balaban J connectivity index is 1.40. The predicted octanol–water partition coefficient (Wildman–Crippen LogP) is 3.77. The molecular weight excluding hydrogens is 470 g/mol. The molecule has 0 atom stereocenters. The van der Waals surface area contributed by atoms with Gasteiger partial charge in [0.25, 0.3) is 5.91 Å². The van der Waals surface area contributed by atoms with Crippen LogP contribution in [0.2, 0.25) is 0 Å². The molecule has 3 aromatic rings. The fourth-order valence-electron chi connectivity index (χ4n) is 4.02. The third-order valence-corrected chi connectivity index (χ3v) is 5.94. The second-order valence-corrected chi connectivity index (χ2v) is 8.69. The Morgan fingerprint density at radius 1 is 1.17 bits per heavy atom. The first-order valence-electron chi connectivity index (χ1n) is 11.0. The summed E-state index contributed by atoms with van der Waals surface area (Å²) in [5, 5.41) is 8.14. The maximum Gasteiger partial charge on any atom is 0.422 e. The zero-order valence-electron chi connectivity index (χ0n) is 18.4. The van der Waals surface area contributed by atoms with Gasteiger partial charge in [0, 0.05) is 29.6 Å². The van der Waals surface area contributed by atoms with Gasteiger partial charge in [-0.25, -0.2) is 9.37 Å². The third-order valence-electron chi connectivity index (χ3n) is 5.94. The van der Waals surface area contributed by atoms with E-state index < -0.39 is 24.5 Å². The Kier molecular flexibility index (Phi) is 5.91. The summed E-state index contributed by atoms with van der Waals surface area (Å²) in [4.78, 5) is 19.2. The molecule has 0 bridgehead atoms. The molecule has 0 saturated heterocycles. The van der Waals surface area contributed by atoms with Crippen LogP contribution in [-0.2, 0) is 24.5 Å². The molecule has 35 heavy (non-hydrogen) atoms. The van der Waals surface area contributed by atoms with Crippen molar-refractivity contribution in [2.24, 2.45) is 5.92 Å². The molecule has 0 unspecified atom stereocenters. The molecule has 1 aromatic carbocycles. The van der Waals surface area contributed by atoms with Gasteiger partial charge < -0.3 is 20.1 Å². The summed E-state index contributed by atoms with van der Waals surface area (Å²) in [5.41, 5.74) is 8.06. The van der Waals surface area contributed by atoms with E-state index in [0.29, 0.717) is 42.3 Å².